The molecule has 0 saturated carbocycles. The van der Waals surface area contributed by atoms with Gasteiger partial charge in [0.15, 0.2) is 0 Å². The number of hydrogen-bond acceptors (Lipinski definition) is 4. The predicted molar refractivity (Wildman–Crippen MR) is 132 cm³/mol. The highest BCUT2D eigenvalue weighted by atomic mass is 79.9. The van der Waals surface area contributed by atoms with Crippen LogP contribution in [0, 0.1) is 13.8 Å². The Bertz CT molecular complexity index is 1290. The molecule has 3 rings (SSSR count). The molecule has 0 aliphatic heterocycles. The van der Waals surface area contributed by atoms with Crippen LogP contribution in [0.2, 0.25) is 5.02 Å². The molecule has 8 heteroatoms. The zero-order chi connectivity index (χ0) is 23.5. The minimum atomic E-state index is -4.19. The molecule has 0 saturated heterocycles. The third-order valence-electron chi connectivity index (χ3n) is 4.73. The third kappa shape index (κ3) is 5.23. The van der Waals surface area contributed by atoms with Crippen molar-refractivity contribution in [1.29, 1.82) is 0 Å². The molecule has 0 atom stereocenters. The number of halogens is 2. The first-order chi connectivity index (χ1) is 15.1. The van der Waals surface area contributed by atoms with Crippen LogP contribution in [0.5, 0.6) is 5.75 Å². The molecular weight excluding hydrogens is 514 g/mol. The summed E-state index contributed by atoms with van der Waals surface area (Å²) in [5, 5.41) is 0.401. The van der Waals surface area contributed by atoms with Crippen LogP contribution < -0.4 is 9.04 Å². The van der Waals surface area contributed by atoms with Gasteiger partial charge >= 0.3 is 0 Å². The van der Waals surface area contributed by atoms with E-state index in [0.717, 1.165) is 14.3 Å². The van der Waals surface area contributed by atoms with Crippen molar-refractivity contribution in [1.82, 2.24) is 0 Å². The van der Waals surface area contributed by atoms with Crippen molar-refractivity contribution in [3.8, 4) is 5.75 Å². The highest BCUT2D eigenvalue weighted by molar-refractivity contribution is 9.10. The van der Waals surface area contributed by atoms with Crippen molar-refractivity contribution in [3.63, 3.8) is 0 Å². The largest absolute Gasteiger partial charge is 0.496 e. The number of carbonyl (C=O) groups is 1. The molecule has 166 valence electrons. The first kappa shape index (κ1) is 24.0. The smallest absolute Gasteiger partial charge is 0.271 e. The molecule has 3 aromatic rings. The lowest BCUT2D eigenvalue weighted by Gasteiger charge is -2.23. The normalized spacial score (nSPS) is 11.5. The number of ether oxygens (including phenoxy) is 1. The van der Waals surface area contributed by atoms with Crippen LogP contribution in [0.1, 0.15) is 16.7 Å². The van der Waals surface area contributed by atoms with Crippen molar-refractivity contribution in [2.45, 2.75) is 18.7 Å². The summed E-state index contributed by atoms with van der Waals surface area (Å²) in [7, 11) is -2.63. The molecule has 0 heterocycles. The lowest BCUT2D eigenvalue weighted by atomic mass is 10.1. The average Bonchev–Trinajstić information content (AvgIpc) is 2.75. The lowest BCUT2D eigenvalue weighted by Crippen LogP contribution is -2.36. The molecule has 0 N–H and O–H groups in total. The zero-order valence-corrected chi connectivity index (χ0v) is 20.8. The number of nitrogens with zero attached hydrogens (tertiary/aromatic N) is 1. The van der Waals surface area contributed by atoms with Crippen LogP contribution in [0.25, 0.3) is 6.08 Å². The van der Waals surface area contributed by atoms with Gasteiger partial charge in [0.05, 0.1) is 22.2 Å². The van der Waals surface area contributed by atoms with Gasteiger partial charge in [-0.2, -0.15) is 4.31 Å². The summed E-state index contributed by atoms with van der Waals surface area (Å²) in [4.78, 5) is 13.2. The van der Waals surface area contributed by atoms with Gasteiger partial charge in [0, 0.05) is 11.1 Å². The van der Waals surface area contributed by atoms with Crippen molar-refractivity contribution >= 4 is 55.2 Å². The minimum Gasteiger partial charge on any atom is -0.496 e. The highest BCUT2D eigenvalue weighted by Gasteiger charge is 2.31. The van der Waals surface area contributed by atoms with Crippen LogP contribution in [-0.2, 0) is 14.8 Å². The Kier molecular flexibility index (Phi) is 7.44. The minimum absolute atomic E-state index is 0.0308. The van der Waals surface area contributed by atoms with E-state index in [0.29, 0.717) is 27.6 Å². The Morgan fingerprint density at radius 2 is 1.72 bits per heavy atom. The maximum absolute atomic E-state index is 13.5. The van der Waals surface area contributed by atoms with E-state index in [1.54, 1.807) is 50.4 Å². The second kappa shape index (κ2) is 9.90. The second-order valence-corrected chi connectivity index (χ2v) is 10.2. The van der Waals surface area contributed by atoms with Gasteiger partial charge in [0.25, 0.3) is 15.9 Å². The van der Waals surface area contributed by atoms with Gasteiger partial charge in [-0.15, -0.1) is 0 Å². The number of carbonyl (C=O) groups excluding carboxylic acids is 1. The zero-order valence-electron chi connectivity index (χ0n) is 17.7. The number of methoxy groups -OCH3 is 1. The maximum atomic E-state index is 13.5. The van der Waals surface area contributed by atoms with Crippen LogP contribution in [0.3, 0.4) is 0 Å². The fourth-order valence-electron chi connectivity index (χ4n) is 3.04. The molecule has 1 amide bonds. The summed E-state index contributed by atoms with van der Waals surface area (Å²) >= 11 is 9.32. The summed E-state index contributed by atoms with van der Waals surface area (Å²) in [6, 6.07) is 16.3. The van der Waals surface area contributed by atoms with Crippen LogP contribution >= 0.6 is 27.5 Å². The van der Waals surface area contributed by atoms with Crippen molar-refractivity contribution < 1.29 is 17.9 Å². The van der Waals surface area contributed by atoms with E-state index in [1.807, 2.05) is 13.0 Å². The molecule has 0 radical (unpaired) electrons. The maximum Gasteiger partial charge on any atom is 0.271 e. The predicted octanol–water partition coefficient (Wildman–Crippen LogP) is 6.16. The molecule has 0 aliphatic rings. The van der Waals surface area contributed by atoms with E-state index in [4.69, 9.17) is 16.3 Å². The monoisotopic (exact) mass is 533 g/mol. The van der Waals surface area contributed by atoms with Gasteiger partial charge in [-0.05, 0) is 95.0 Å². The van der Waals surface area contributed by atoms with Gasteiger partial charge in [0.2, 0.25) is 0 Å². The summed E-state index contributed by atoms with van der Waals surface area (Å²) in [5.41, 5.74) is 2.49. The first-order valence-electron chi connectivity index (χ1n) is 9.57. The summed E-state index contributed by atoms with van der Waals surface area (Å²) in [6.45, 7) is 3.60. The van der Waals surface area contributed by atoms with Crippen LogP contribution in [-0.4, -0.2) is 21.4 Å². The number of hydrogen-bond donors (Lipinski definition) is 0. The fourth-order valence-corrected chi connectivity index (χ4v) is 5.17. The van der Waals surface area contributed by atoms with E-state index < -0.39 is 15.9 Å². The quantitative estimate of drug-likeness (QED) is 0.355. The van der Waals surface area contributed by atoms with Crippen molar-refractivity contribution in [2.75, 3.05) is 11.4 Å². The van der Waals surface area contributed by atoms with Gasteiger partial charge in [-0.3, -0.25) is 4.79 Å². The number of rotatable bonds is 6. The van der Waals surface area contributed by atoms with Crippen molar-refractivity contribution in [2.24, 2.45) is 0 Å². The number of anilines is 1. The van der Waals surface area contributed by atoms with E-state index >= 15 is 0 Å². The number of benzene rings is 3. The molecule has 0 aliphatic carbocycles. The molecule has 0 spiro atoms. The average molecular weight is 535 g/mol. The molecule has 0 bridgehead atoms. The standard InChI is InChI=1S/C24H21BrClNO4S/c1-16-4-5-17(2)22(14-16)27(32(29,30)20-10-8-19(26)9-11-20)24(28)13-7-18-6-12-23(31-3)21(25)15-18/h4-15H,1-3H3/b13-7+. The fraction of sp³-hybridized carbons (Fsp3) is 0.125. The Balaban J connectivity index is 2.08. The van der Waals surface area contributed by atoms with Crippen LogP contribution in [0.4, 0.5) is 5.69 Å². The van der Waals surface area contributed by atoms with E-state index in [2.05, 4.69) is 15.9 Å². The SMILES string of the molecule is COc1ccc(/C=C/C(=O)N(c2cc(C)ccc2C)S(=O)(=O)c2ccc(Cl)cc2)cc1Br. The molecule has 0 aromatic heterocycles. The highest BCUT2D eigenvalue weighted by Crippen LogP contribution is 2.30. The topological polar surface area (TPSA) is 63.7 Å². The molecular formula is C24H21BrClNO4S. The molecule has 0 unspecified atom stereocenters. The Labute approximate surface area is 201 Å². The third-order valence-corrected chi connectivity index (χ3v) is 7.33. The number of aryl methyl sites for hydroxylation is 2. The van der Waals surface area contributed by atoms with Gasteiger partial charge in [-0.25, -0.2) is 8.42 Å². The van der Waals surface area contributed by atoms with E-state index in [1.165, 1.54) is 30.3 Å². The summed E-state index contributed by atoms with van der Waals surface area (Å²) in [5.74, 6) is -0.0450. The Hall–Kier alpha value is -2.61. The van der Waals surface area contributed by atoms with Gasteiger partial charge in [0.1, 0.15) is 5.75 Å². The van der Waals surface area contributed by atoms with E-state index in [-0.39, 0.29) is 4.90 Å². The van der Waals surface area contributed by atoms with Crippen molar-refractivity contribution in [3.05, 3.63) is 92.9 Å². The molecule has 32 heavy (non-hydrogen) atoms. The number of sulfonamides is 1. The molecule has 0 fully saturated rings. The summed E-state index contributed by atoms with van der Waals surface area (Å²) < 4.78 is 33.8. The lowest BCUT2D eigenvalue weighted by molar-refractivity contribution is -0.113. The van der Waals surface area contributed by atoms with Gasteiger partial charge in [-0.1, -0.05) is 29.8 Å². The second-order valence-electron chi connectivity index (χ2n) is 7.08. The Morgan fingerprint density at radius 1 is 1.03 bits per heavy atom. The Morgan fingerprint density at radius 3 is 2.34 bits per heavy atom. The molecule has 3 aromatic carbocycles. The molecule has 5 nitrogen and oxygen atoms in total. The summed E-state index contributed by atoms with van der Waals surface area (Å²) in [6.07, 6.45) is 2.80. The van der Waals surface area contributed by atoms with Crippen LogP contribution in [0.15, 0.2) is 76.1 Å². The van der Waals surface area contributed by atoms with E-state index in [9.17, 15) is 13.2 Å². The first-order valence-corrected chi connectivity index (χ1v) is 12.2. The number of amides is 1. The van der Waals surface area contributed by atoms with Gasteiger partial charge < -0.3 is 4.74 Å².